The standard InChI is InChI=1S/C19H32N4O3S/c1-5-14-26-18-12-10-9-11-17(18)16-22-19(20-6-2)21-13-15-27(24,25)23(7-3)8-4/h5,9-12H,1,6-8,13-16H2,2-4H3,(H2,20,21,22). The van der Waals surface area contributed by atoms with E-state index in [9.17, 15) is 8.42 Å². The third-order valence-corrected chi connectivity index (χ3v) is 5.86. The van der Waals surface area contributed by atoms with Crippen molar-refractivity contribution in [1.29, 1.82) is 0 Å². The monoisotopic (exact) mass is 396 g/mol. The van der Waals surface area contributed by atoms with E-state index in [4.69, 9.17) is 4.74 Å². The van der Waals surface area contributed by atoms with Crippen LogP contribution in [0.3, 0.4) is 0 Å². The lowest BCUT2D eigenvalue weighted by Crippen LogP contribution is -2.42. The Kier molecular flexibility index (Phi) is 10.5. The van der Waals surface area contributed by atoms with E-state index in [1.165, 1.54) is 4.31 Å². The van der Waals surface area contributed by atoms with Gasteiger partial charge in [-0.1, -0.05) is 44.7 Å². The third kappa shape index (κ3) is 8.01. The molecule has 0 saturated carbocycles. The number of rotatable bonds is 12. The highest BCUT2D eigenvalue weighted by Crippen LogP contribution is 2.18. The van der Waals surface area contributed by atoms with Crippen molar-refractivity contribution >= 4 is 16.0 Å². The smallest absolute Gasteiger partial charge is 0.215 e. The summed E-state index contributed by atoms with van der Waals surface area (Å²) in [5, 5.41) is 6.22. The number of guanidine groups is 1. The average Bonchev–Trinajstić information content (AvgIpc) is 2.65. The van der Waals surface area contributed by atoms with Crippen LogP contribution in [-0.2, 0) is 16.6 Å². The minimum atomic E-state index is -3.26. The summed E-state index contributed by atoms with van der Waals surface area (Å²) < 4.78 is 31.6. The third-order valence-electron chi connectivity index (χ3n) is 3.83. The molecule has 27 heavy (non-hydrogen) atoms. The van der Waals surface area contributed by atoms with Crippen LogP contribution in [-0.4, -0.2) is 57.2 Å². The van der Waals surface area contributed by atoms with Gasteiger partial charge in [-0.2, -0.15) is 0 Å². The van der Waals surface area contributed by atoms with E-state index in [1.807, 2.05) is 45.0 Å². The Labute approximate surface area is 163 Å². The van der Waals surface area contributed by atoms with Crippen LogP contribution in [0.5, 0.6) is 5.75 Å². The first-order chi connectivity index (χ1) is 13.0. The van der Waals surface area contributed by atoms with Crippen molar-refractivity contribution < 1.29 is 13.2 Å². The van der Waals surface area contributed by atoms with Gasteiger partial charge in [0.2, 0.25) is 10.0 Å². The average molecular weight is 397 g/mol. The Morgan fingerprint density at radius 1 is 1.22 bits per heavy atom. The highest BCUT2D eigenvalue weighted by atomic mass is 32.2. The van der Waals surface area contributed by atoms with E-state index in [0.29, 0.717) is 45.3 Å². The highest BCUT2D eigenvalue weighted by molar-refractivity contribution is 7.89. The molecule has 0 saturated heterocycles. The van der Waals surface area contributed by atoms with Crippen LogP contribution < -0.4 is 15.4 Å². The minimum Gasteiger partial charge on any atom is -0.489 e. The van der Waals surface area contributed by atoms with Crippen molar-refractivity contribution in [3.05, 3.63) is 42.5 Å². The largest absolute Gasteiger partial charge is 0.489 e. The second kappa shape index (κ2) is 12.3. The number of sulfonamides is 1. The zero-order valence-corrected chi connectivity index (χ0v) is 17.4. The molecule has 2 N–H and O–H groups in total. The molecule has 0 aliphatic heterocycles. The van der Waals surface area contributed by atoms with E-state index >= 15 is 0 Å². The van der Waals surface area contributed by atoms with Crippen LogP contribution in [0.2, 0.25) is 0 Å². The first kappa shape index (κ1) is 23.0. The number of nitrogens with zero attached hydrogens (tertiary/aromatic N) is 2. The summed E-state index contributed by atoms with van der Waals surface area (Å²) >= 11 is 0. The molecule has 1 aromatic carbocycles. The number of benzene rings is 1. The van der Waals surface area contributed by atoms with Crippen molar-refractivity contribution in [2.24, 2.45) is 4.99 Å². The van der Waals surface area contributed by atoms with Gasteiger partial charge in [0.1, 0.15) is 12.4 Å². The maximum atomic E-state index is 12.3. The fourth-order valence-corrected chi connectivity index (χ4v) is 3.88. The van der Waals surface area contributed by atoms with Gasteiger partial charge in [0, 0.05) is 31.7 Å². The predicted molar refractivity (Wildman–Crippen MR) is 112 cm³/mol. The molecule has 152 valence electrons. The van der Waals surface area contributed by atoms with Gasteiger partial charge in [0.25, 0.3) is 0 Å². The topological polar surface area (TPSA) is 83.0 Å². The fourth-order valence-electron chi connectivity index (χ4n) is 2.47. The maximum Gasteiger partial charge on any atom is 0.215 e. The second-order valence-electron chi connectivity index (χ2n) is 5.73. The molecule has 0 radical (unpaired) electrons. The first-order valence-corrected chi connectivity index (χ1v) is 10.9. The Hall–Kier alpha value is -2.06. The summed E-state index contributed by atoms with van der Waals surface area (Å²) in [4.78, 5) is 4.54. The molecule has 8 heteroatoms. The van der Waals surface area contributed by atoms with Crippen LogP contribution in [0.1, 0.15) is 26.3 Å². The van der Waals surface area contributed by atoms with Crippen LogP contribution >= 0.6 is 0 Å². The van der Waals surface area contributed by atoms with E-state index in [2.05, 4.69) is 22.2 Å². The SMILES string of the molecule is C=CCOc1ccccc1CN=C(NCC)NCCS(=O)(=O)N(CC)CC. The van der Waals surface area contributed by atoms with Crippen LogP contribution in [0.25, 0.3) is 0 Å². The molecule has 0 heterocycles. The molecule has 1 aromatic rings. The van der Waals surface area contributed by atoms with E-state index < -0.39 is 10.0 Å². The summed E-state index contributed by atoms with van der Waals surface area (Å²) in [7, 11) is -3.26. The zero-order chi connectivity index (χ0) is 20.1. The normalized spacial score (nSPS) is 12.1. The number of aliphatic imine (C=N–C) groups is 1. The fraction of sp³-hybridized carbons (Fsp3) is 0.526. The zero-order valence-electron chi connectivity index (χ0n) is 16.6. The number of nitrogens with one attached hydrogen (secondary N) is 2. The summed E-state index contributed by atoms with van der Waals surface area (Å²) in [5.41, 5.74) is 0.951. The van der Waals surface area contributed by atoms with Gasteiger partial charge in [-0.05, 0) is 13.0 Å². The Morgan fingerprint density at radius 2 is 1.93 bits per heavy atom. The van der Waals surface area contributed by atoms with Gasteiger partial charge < -0.3 is 15.4 Å². The number of hydrogen-bond acceptors (Lipinski definition) is 4. The van der Waals surface area contributed by atoms with Crippen LogP contribution in [0.15, 0.2) is 41.9 Å². The summed E-state index contributed by atoms with van der Waals surface area (Å²) in [5.74, 6) is 1.37. The lowest BCUT2D eigenvalue weighted by molar-refractivity contribution is 0.359. The molecule has 0 bridgehead atoms. The van der Waals surface area contributed by atoms with Gasteiger partial charge >= 0.3 is 0 Å². The van der Waals surface area contributed by atoms with Crippen molar-refractivity contribution in [3.63, 3.8) is 0 Å². The second-order valence-corrected chi connectivity index (χ2v) is 7.82. The molecule has 1 rings (SSSR count). The van der Waals surface area contributed by atoms with Gasteiger partial charge in [-0.15, -0.1) is 0 Å². The Morgan fingerprint density at radius 3 is 2.56 bits per heavy atom. The Balaban J connectivity index is 2.72. The van der Waals surface area contributed by atoms with Crippen molar-refractivity contribution in [2.45, 2.75) is 27.3 Å². The molecule has 0 aromatic heterocycles. The molecule has 0 aliphatic carbocycles. The lowest BCUT2D eigenvalue weighted by Gasteiger charge is -2.19. The van der Waals surface area contributed by atoms with E-state index in [1.54, 1.807) is 6.08 Å². The molecule has 7 nitrogen and oxygen atoms in total. The van der Waals surface area contributed by atoms with Crippen LogP contribution in [0, 0.1) is 0 Å². The van der Waals surface area contributed by atoms with E-state index in [-0.39, 0.29) is 5.75 Å². The van der Waals surface area contributed by atoms with Crippen molar-refractivity contribution in [1.82, 2.24) is 14.9 Å². The van der Waals surface area contributed by atoms with Crippen LogP contribution in [0.4, 0.5) is 0 Å². The van der Waals surface area contributed by atoms with Gasteiger partial charge in [-0.3, -0.25) is 0 Å². The van der Waals surface area contributed by atoms with Gasteiger partial charge in [-0.25, -0.2) is 17.7 Å². The molecule has 0 fully saturated rings. The number of para-hydroxylation sites is 1. The molecule has 0 aliphatic rings. The number of hydrogen-bond donors (Lipinski definition) is 2. The van der Waals surface area contributed by atoms with Gasteiger partial charge in [0.15, 0.2) is 5.96 Å². The molecule has 0 unspecified atom stereocenters. The quantitative estimate of drug-likeness (QED) is 0.321. The molecular formula is C19H32N4O3S. The lowest BCUT2D eigenvalue weighted by atomic mass is 10.2. The van der Waals surface area contributed by atoms with Crippen molar-refractivity contribution in [2.75, 3.05) is 38.5 Å². The van der Waals surface area contributed by atoms with Crippen molar-refractivity contribution in [3.8, 4) is 5.75 Å². The predicted octanol–water partition coefficient (Wildman–Crippen LogP) is 1.98. The summed E-state index contributed by atoms with van der Waals surface area (Å²) in [6, 6.07) is 7.69. The molecular weight excluding hydrogens is 364 g/mol. The van der Waals surface area contributed by atoms with E-state index in [0.717, 1.165) is 11.3 Å². The number of ether oxygens (including phenoxy) is 1. The molecule has 0 atom stereocenters. The summed E-state index contributed by atoms with van der Waals surface area (Å²) in [6.07, 6.45) is 1.70. The molecule has 0 spiro atoms. The first-order valence-electron chi connectivity index (χ1n) is 9.30. The Bertz CT molecular complexity index is 701. The molecule has 0 amide bonds. The highest BCUT2D eigenvalue weighted by Gasteiger charge is 2.18. The minimum absolute atomic E-state index is 0.0259. The summed E-state index contributed by atoms with van der Waals surface area (Å²) in [6.45, 7) is 12.1. The van der Waals surface area contributed by atoms with Gasteiger partial charge in [0.05, 0.1) is 12.3 Å². The maximum absolute atomic E-state index is 12.3.